The first-order chi connectivity index (χ1) is 9.74. The zero-order chi connectivity index (χ0) is 14.4. The van der Waals surface area contributed by atoms with Crippen LogP contribution in [-0.2, 0) is 10.5 Å². The fourth-order valence-electron chi connectivity index (χ4n) is 2.36. The summed E-state index contributed by atoms with van der Waals surface area (Å²) in [4.78, 5) is 14.2. The molecule has 1 N–H and O–H groups in total. The molecule has 0 aliphatic carbocycles. The standard InChI is InChI=1S/C15H22N2O2S/c1-3-14-10-19-8-7-17(14)15(18)16-13-6-4-5-12(9-13)11-20-2/h4-6,9,14H,3,7-8,10-11H2,1-2H3,(H,16,18)/t14-/m0/s1. The largest absolute Gasteiger partial charge is 0.377 e. The van der Waals surface area contributed by atoms with Gasteiger partial charge in [-0.15, -0.1) is 0 Å². The van der Waals surface area contributed by atoms with Gasteiger partial charge in [0.25, 0.3) is 0 Å². The smallest absolute Gasteiger partial charge is 0.322 e. The van der Waals surface area contributed by atoms with Gasteiger partial charge in [0, 0.05) is 18.0 Å². The third-order valence-corrected chi connectivity index (χ3v) is 4.07. The van der Waals surface area contributed by atoms with Crippen LogP contribution < -0.4 is 5.32 Å². The summed E-state index contributed by atoms with van der Waals surface area (Å²) in [5, 5.41) is 3.00. The van der Waals surface area contributed by atoms with Crippen LogP contribution in [0.1, 0.15) is 18.9 Å². The minimum Gasteiger partial charge on any atom is -0.377 e. The Bertz CT molecular complexity index is 453. The maximum Gasteiger partial charge on any atom is 0.322 e. The molecule has 1 aromatic carbocycles. The summed E-state index contributed by atoms with van der Waals surface area (Å²) in [6.45, 7) is 4.00. The minimum atomic E-state index is -0.0264. The first kappa shape index (κ1) is 15.2. The molecule has 1 fully saturated rings. The van der Waals surface area contributed by atoms with Gasteiger partial charge in [-0.2, -0.15) is 11.8 Å². The first-order valence-electron chi connectivity index (χ1n) is 6.97. The van der Waals surface area contributed by atoms with E-state index in [1.807, 2.05) is 23.1 Å². The Morgan fingerprint density at radius 3 is 3.15 bits per heavy atom. The average molecular weight is 294 g/mol. The zero-order valence-corrected chi connectivity index (χ0v) is 12.9. The molecule has 0 radical (unpaired) electrons. The maximum absolute atomic E-state index is 12.4. The summed E-state index contributed by atoms with van der Waals surface area (Å²) in [6.07, 6.45) is 2.99. The predicted molar refractivity (Wildman–Crippen MR) is 84.3 cm³/mol. The Kier molecular flexibility index (Phi) is 5.73. The van der Waals surface area contributed by atoms with Crippen LogP contribution in [0.4, 0.5) is 10.5 Å². The average Bonchev–Trinajstić information content (AvgIpc) is 2.48. The summed E-state index contributed by atoms with van der Waals surface area (Å²) in [5.41, 5.74) is 2.09. The summed E-state index contributed by atoms with van der Waals surface area (Å²) < 4.78 is 5.43. The normalized spacial score (nSPS) is 18.9. The van der Waals surface area contributed by atoms with E-state index in [0.717, 1.165) is 17.9 Å². The molecule has 110 valence electrons. The van der Waals surface area contributed by atoms with Crippen LogP contribution in [0.2, 0.25) is 0 Å². The van der Waals surface area contributed by atoms with Crippen LogP contribution in [0.5, 0.6) is 0 Å². The monoisotopic (exact) mass is 294 g/mol. The molecule has 1 heterocycles. The molecule has 0 unspecified atom stereocenters. The molecular formula is C15H22N2O2S. The van der Waals surface area contributed by atoms with Crippen LogP contribution >= 0.6 is 11.8 Å². The number of carbonyl (C=O) groups excluding carboxylic acids is 1. The number of morpholine rings is 1. The van der Waals surface area contributed by atoms with E-state index in [-0.39, 0.29) is 12.1 Å². The zero-order valence-electron chi connectivity index (χ0n) is 12.1. The van der Waals surface area contributed by atoms with E-state index in [4.69, 9.17) is 4.74 Å². The molecule has 2 amide bonds. The number of nitrogens with zero attached hydrogens (tertiary/aromatic N) is 1. The van der Waals surface area contributed by atoms with E-state index in [9.17, 15) is 4.79 Å². The number of hydrogen-bond acceptors (Lipinski definition) is 3. The highest BCUT2D eigenvalue weighted by molar-refractivity contribution is 7.97. The van der Waals surface area contributed by atoms with Gasteiger partial charge in [-0.05, 0) is 30.4 Å². The molecule has 0 bridgehead atoms. The second-order valence-corrected chi connectivity index (χ2v) is 5.76. The number of amides is 2. The summed E-state index contributed by atoms with van der Waals surface area (Å²) in [7, 11) is 0. The lowest BCUT2D eigenvalue weighted by Gasteiger charge is -2.35. The van der Waals surface area contributed by atoms with Crippen molar-refractivity contribution in [2.45, 2.75) is 25.1 Å². The van der Waals surface area contributed by atoms with Crippen molar-refractivity contribution in [3.05, 3.63) is 29.8 Å². The van der Waals surface area contributed by atoms with E-state index in [1.165, 1.54) is 5.56 Å². The fraction of sp³-hybridized carbons (Fsp3) is 0.533. The third kappa shape index (κ3) is 3.90. The predicted octanol–water partition coefficient (Wildman–Crippen LogP) is 3.19. The molecule has 1 aliphatic heterocycles. The number of carbonyl (C=O) groups is 1. The number of rotatable bonds is 4. The molecule has 4 nitrogen and oxygen atoms in total. The Morgan fingerprint density at radius 2 is 2.40 bits per heavy atom. The topological polar surface area (TPSA) is 41.6 Å². The van der Waals surface area contributed by atoms with Gasteiger partial charge in [0.2, 0.25) is 0 Å². The van der Waals surface area contributed by atoms with Gasteiger partial charge in [-0.3, -0.25) is 0 Å². The van der Waals surface area contributed by atoms with Crippen molar-refractivity contribution < 1.29 is 9.53 Å². The molecule has 0 aromatic heterocycles. The van der Waals surface area contributed by atoms with Crippen molar-refractivity contribution in [3.8, 4) is 0 Å². The fourth-order valence-corrected chi connectivity index (χ4v) is 2.87. The number of ether oxygens (including phenoxy) is 1. The van der Waals surface area contributed by atoms with Crippen LogP contribution in [0, 0.1) is 0 Å². The van der Waals surface area contributed by atoms with Crippen LogP contribution in [-0.4, -0.2) is 43.0 Å². The van der Waals surface area contributed by atoms with Crippen molar-refractivity contribution >= 4 is 23.5 Å². The first-order valence-corrected chi connectivity index (χ1v) is 8.37. The molecule has 0 saturated carbocycles. The Balaban J connectivity index is 2.01. The van der Waals surface area contributed by atoms with Crippen molar-refractivity contribution in [1.82, 2.24) is 4.90 Å². The molecule has 0 spiro atoms. The summed E-state index contributed by atoms with van der Waals surface area (Å²) >= 11 is 1.77. The molecule has 20 heavy (non-hydrogen) atoms. The van der Waals surface area contributed by atoms with Crippen LogP contribution in [0.3, 0.4) is 0 Å². The molecule has 1 saturated heterocycles. The van der Waals surface area contributed by atoms with Crippen LogP contribution in [0.15, 0.2) is 24.3 Å². The van der Waals surface area contributed by atoms with E-state index in [1.54, 1.807) is 11.8 Å². The van der Waals surface area contributed by atoms with E-state index >= 15 is 0 Å². The van der Waals surface area contributed by atoms with Crippen LogP contribution in [0.25, 0.3) is 0 Å². The Morgan fingerprint density at radius 1 is 1.55 bits per heavy atom. The lowest BCUT2D eigenvalue weighted by Crippen LogP contribution is -2.50. The number of urea groups is 1. The van der Waals surface area contributed by atoms with Gasteiger partial charge in [-0.1, -0.05) is 19.1 Å². The molecule has 1 atom stereocenters. The maximum atomic E-state index is 12.4. The SMILES string of the molecule is CC[C@H]1COCCN1C(=O)Nc1cccc(CSC)c1. The quantitative estimate of drug-likeness (QED) is 0.927. The number of anilines is 1. The lowest BCUT2D eigenvalue weighted by atomic mass is 10.2. The summed E-state index contributed by atoms with van der Waals surface area (Å²) in [6, 6.07) is 8.19. The highest BCUT2D eigenvalue weighted by atomic mass is 32.2. The van der Waals surface area contributed by atoms with Gasteiger partial charge in [0.05, 0.1) is 19.3 Å². The van der Waals surface area contributed by atoms with Gasteiger partial charge in [0.1, 0.15) is 0 Å². The van der Waals surface area contributed by atoms with Crippen molar-refractivity contribution in [3.63, 3.8) is 0 Å². The molecule has 2 rings (SSSR count). The minimum absolute atomic E-state index is 0.0264. The Labute approximate surface area is 124 Å². The molecule has 1 aliphatic rings. The van der Waals surface area contributed by atoms with Gasteiger partial charge < -0.3 is 15.0 Å². The number of nitrogens with one attached hydrogen (secondary N) is 1. The third-order valence-electron chi connectivity index (χ3n) is 3.45. The molecular weight excluding hydrogens is 272 g/mol. The summed E-state index contributed by atoms with van der Waals surface area (Å²) in [5.74, 6) is 0.957. The van der Waals surface area contributed by atoms with Gasteiger partial charge in [0.15, 0.2) is 0 Å². The Hall–Kier alpha value is -1.20. The number of hydrogen-bond donors (Lipinski definition) is 1. The van der Waals surface area contributed by atoms with Crippen molar-refractivity contribution in [1.29, 1.82) is 0 Å². The molecule has 1 aromatic rings. The highest BCUT2D eigenvalue weighted by Crippen LogP contribution is 2.17. The van der Waals surface area contributed by atoms with E-state index < -0.39 is 0 Å². The molecule has 5 heteroatoms. The second-order valence-electron chi connectivity index (χ2n) is 4.89. The van der Waals surface area contributed by atoms with E-state index in [0.29, 0.717) is 19.8 Å². The van der Waals surface area contributed by atoms with Gasteiger partial charge in [-0.25, -0.2) is 4.79 Å². The van der Waals surface area contributed by atoms with Gasteiger partial charge >= 0.3 is 6.03 Å². The highest BCUT2D eigenvalue weighted by Gasteiger charge is 2.25. The van der Waals surface area contributed by atoms with E-state index in [2.05, 4.69) is 24.6 Å². The number of thioether (sulfide) groups is 1. The van der Waals surface area contributed by atoms with Crippen molar-refractivity contribution in [2.75, 3.05) is 31.3 Å². The number of benzene rings is 1. The second kappa shape index (κ2) is 7.55. The lowest BCUT2D eigenvalue weighted by molar-refractivity contribution is 0.0144. The van der Waals surface area contributed by atoms with Crippen molar-refractivity contribution in [2.24, 2.45) is 0 Å².